The number of aryl methyl sites for hydroxylation is 5. The first kappa shape index (κ1) is 14.6. The summed E-state index contributed by atoms with van der Waals surface area (Å²) in [5, 5.41) is 3.61. The normalized spacial score (nSPS) is 12.3. The predicted octanol–water partition coefficient (Wildman–Crippen LogP) is 4.80. The van der Waals surface area contributed by atoms with Gasteiger partial charge in [0.25, 0.3) is 0 Å². The van der Waals surface area contributed by atoms with Gasteiger partial charge in [0.05, 0.1) is 6.04 Å². The van der Waals surface area contributed by atoms with Crippen molar-refractivity contribution in [2.24, 2.45) is 0 Å². The van der Waals surface area contributed by atoms with E-state index in [1.807, 2.05) is 6.92 Å². The van der Waals surface area contributed by atoms with E-state index in [4.69, 9.17) is 0 Å². The molecule has 1 aromatic heterocycles. The van der Waals surface area contributed by atoms with Crippen molar-refractivity contribution in [2.45, 2.75) is 47.6 Å². The molecular formula is C18H24N2. The Morgan fingerprint density at radius 2 is 1.65 bits per heavy atom. The van der Waals surface area contributed by atoms with Gasteiger partial charge >= 0.3 is 0 Å². The van der Waals surface area contributed by atoms with Crippen LogP contribution in [-0.4, -0.2) is 4.98 Å². The van der Waals surface area contributed by atoms with E-state index >= 15 is 0 Å². The number of pyridine rings is 1. The highest BCUT2D eigenvalue weighted by molar-refractivity contribution is 5.54. The lowest BCUT2D eigenvalue weighted by atomic mass is 9.99. The van der Waals surface area contributed by atoms with Crippen molar-refractivity contribution in [1.29, 1.82) is 0 Å². The van der Waals surface area contributed by atoms with Gasteiger partial charge in [0.1, 0.15) is 0 Å². The average Bonchev–Trinajstić information content (AvgIpc) is 2.31. The zero-order valence-corrected chi connectivity index (χ0v) is 13.3. The number of nitrogens with zero attached hydrogens (tertiary/aromatic N) is 1. The lowest BCUT2D eigenvalue weighted by molar-refractivity contribution is 0.841. The molecule has 1 atom stereocenters. The van der Waals surface area contributed by atoms with Crippen LogP contribution in [0.4, 0.5) is 5.69 Å². The van der Waals surface area contributed by atoms with Crippen LogP contribution in [0.5, 0.6) is 0 Å². The lowest BCUT2D eigenvalue weighted by Crippen LogP contribution is -2.12. The molecular weight excluding hydrogens is 244 g/mol. The van der Waals surface area contributed by atoms with E-state index in [9.17, 15) is 0 Å². The van der Waals surface area contributed by atoms with Crippen molar-refractivity contribution in [3.63, 3.8) is 0 Å². The maximum atomic E-state index is 4.59. The van der Waals surface area contributed by atoms with Crippen molar-refractivity contribution < 1.29 is 0 Å². The Morgan fingerprint density at radius 3 is 2.25 bits per heavy atom. The second-order valence-electron chi connectivity index (χ2n) is 5.76. The number of rotatable bonds is 3. The summed E-state index contributed by atoms with van der Waals surface area (Å²) in [5.74, 6) is 0. The molecule has 1 heterocycles. The minimum absolute atomic E-state index is 0.254. The van der Waals surface area contributed by atoms with Crippen molar-refractivity contribution >= 4 is 5.69 Å². The van der Waals surface area contributed by atoms with Gasteiger partial charge in [-0.1, -0.05) is 17.7 Å². The summed E-state index contributed by atoms with van der Waals surface area (Å²) >= 11 is 0. The van der Waals surface area contributed by atoms with Crippen LogP contribution < -0.4 is 5.32 Å². The van der Waals surface area contributed by atoms with E-state index < -0.39 is 0 Å². The van der Waals surface area contributed by atoms with Crippen LogP contribution in [0.1, 0.15) is 46.6 Å². The summed E-state index contributed by atoms with van der Waals surface area (Å²) in [5.41, 5.74) is 8.59. The van der Waals surface area contributed by atoms with Crippen LogP contribution in [0.2, 0.25) is 0 Å². The van der Waals surface area contributed by atoms with E-state index in [1.165, 1.54) is 27.9 Å². The molecule has 0 amide bonds. The molecule has 0 saturated carbocycles. The van der Waals surface area contributed by atoms with Gasteiger partial charge in [0.2, 0.25) is 0 Å². The van der Waals surface area contributed by atoms with E-state index in [2.05, 4.69) is 69.2 Å². The second-order valence-corrected chi connectivity index (χ2v) is 5.76. The molecule has 0 fully saturated rings. The van der Waals surface area contributed by atoms with Gasteiger partial charge in [-0.05, 0) is 70.4 Å². The molecule has 0 aliphatic heterocycles. The van der Waals surface area contributed by atoms with Crippen molar-refractivity contribution in [3.05, 3.63) is 57.9 Å². The zero-order chi connectivity index (χ0) is 14.9. The van der Waals surface area contributed by atoms with Gasteiger partial charge in [-0.2, -0.15) is 0 Å². The van der Waals surface area contributed by atoms with Crippen molar-refractivity contribution in [3.8, 4) is 0 Å². The highest BCUT2D eigenvalue weighted by Gasteiger charge is 2.13. The largest absolute Gasteiger partial charge is 0.378 e. The molecule has 0 aliphatic rings. The summed E-state index contributed by atoms with van der Waals surface area (Å²) in [6, 6.07) is 8.93. The third-order valence-corrected chi connectivity index (χ3v) is 3.77. The first-order valence-electron chi connectivity index (χ1n) is 7.17. The van der Waals surface area contributed by atoms with Crippen LogP contribution in [0, 0.1) is 34.6 Å². The molecule has 1 N–H and O–H groups in total. The standard InChI is InChI=1S/C18H24N2/c1-11-7-8-17(12(2)9-11)20-16(6)18-13(3)10-14(4)19-15(18)5/h7-10,16,20H,1-6H3. The Bertz CT molecular complexity index is 606. The molecule has 0 spiro atoms. The van der Waals surface area contributed by atoms with E-state index in [0.29, 0.717) is 0 Å². The van der Waals surface area contributed by atoms with Gasteiger partial charge < -0.3 is 5.32 Å². The first-order chi connectivity index (χ1) is 9.38. The van der Waals surface area contributed by atoms with Crippen LogP contribution in [0.25, 0.3) is 0 Å². The van der Waals surface area contributed by atoms with Gasteiger partial charge in [-0.15, -0.1) is 0 Å². The molecule has 2 heteroatoms. The van der Waals surface area contributed by atoms with Crippen LogP contribution in [0.3, 0.4) is 0 Å². The Labute approximate surface area is 122 Å². The third kappa shape index (κ3) is 3.01. The molecule has 2 aromatic rings. The number of aromatic nitrogens is 1. The molecule has 1 unspecified atom stereocenters. The van der Waals surface area contributed by atoms with Crippen LogP contribution in [0.15, 0.2) is 24.3 Å². The third-order valence-electron chi connectivity index (χ3n) is 3.77. The minimum atomic E-state index is 0.254. The maximum Gasteiger partial charge on any atom is 0.0506 e. The summed E-state index contributed by atoms with van der Waals surface area (Å²) in [6.07, 6.45) is 0. The molecule has 2 nitrogen and oxygen atoms in total. The molecule has 0 saturated heterocycles. The van der Waals surface area contributed by atoms with Gasteiger partial charge in [-0.25, -0.2) is 0 Å². The highest BCUT2D eigenvalue weighted by Crippen LogP contribution is 2.26. The Morgan fingerprint density at radius 1 is 0.950 bits per heavy atom. The number of benzene rings is 1. The van der Waals surface area contributed by atoms with Gasteiger partial charge in [-0.3, -0.25) is 4.98 Å². The fourth-order valence-corrected chi connectivity index (χ4v) is 2.97. The maximum absolute atomic E-state index is 4.59. The molecule has 0 aliphatic carbocycles. The average molecular weight is 268 g/mol. The Kier molecular flexibility index (Phi) is 4.12. The summed E-state index contributed by atoms with van der Waals surface area (Å²) < 4.78 is 0. The summed E-state index contributed by atoms with van der Waals surface area (Å²) in [4.78, 5) is 4.59. The smallest absolute Gasteiger partial charge is 0.0506 e. The number of anilines is 1. The van der Waals surface area contributed by atoms with Gasteiger partial charge in [0.15, 0.2) is 0 Å². The quantitative estimate of drug-likeness (QED) is 0.865. The van der Waals surface area contributed by atoms with Crippen molar-refractivity contribution in [1.82, 2.24) is 4.98 Å². The van der Waals surface area contributed by atoms with Crippen molar-refractivity contribution in [2.75, 3.05) is 5.32 Å². The monoisotopic (exact) mass is 268 g/mol. The first-order valence-corrected chi connectivity index (χ1v) is 7.17. The number of nitrogens with one attached hydrogen (secondary N) is 1. The molecule has 20 heavy (non-hydrogen) atoms. The zero-order valence-electron chi connectivity index (χ0n) is 13.3. The van der Waals surface area contributed by atoms with Crippen LogP contribution in [-0.2, 0) is 0 Å². The van der Waals surface area contributed by atoms with E-state index in [1.54, 1.807) is 0 Å². The fraction of sp³-hybridized carbons (Fsp3) is 0.389. The fourth-order valence-electron chi connectivity index (χ4n) is 2.97. The molecule has 2 rings (SSSR count). The predicted molar refractivity (Wildman–Crippen MR) is 86.4 cm³/mol. The molecule has 1 aromatic carbocycles. The molecule has 0 bridgehead atoms. The topological polar surface area (TPSA) is 24.9 Å². The highest BCUT2D eigenvalue weighted by atomic mass is 14.9. The second kappa shape index (κ2) is 5.66. The number of hydrogen-bond donors (Lipinski definition) is 1. The Balaban J connectivity index is 2.31. The van der Waals surface area contributed by atoms with Crippen LogP contribution >= 0.6 is 0 Å². The number of hydrogen-bond acceptors (Lipinski definition) is 2. The summed E-state index contributed by atoms with van der Waals surface area (Å²) in [7, 11) is 0. The molecule has 106 valence electrons. The SMILES string of the molecule is Cc1ccc(NC(C)c2c(C)cc(C)nc2C)c(C)c1. The molecule has 0 radical (unpaired) electrons. The Hall–Kier alpha value is -1.83. The lowest BCUT2D eigenvalue weighted by Gasteiger charge is -2.21. The minimum Gasteiger partial charge on any atom is -0.378 e. The van der Waals surface area contributed by atoms with E-state index in [-0.39, 0.29) is 6.04 Å². The van der Waals surface area contributed by atoms with Gasteiger partial charge in [0, 0.05) is 17.1 Å². The summed E-state index contributed by atoms with van der Waals surface area (Å²) in [6.45, 7) is 12.8. The van der Waals surface area contributed by atoms with E-state index in [0.717, 1.165) is 11.4 Å².